The molecule has 2 aromatic rings. The molecular weight excluding hydrogens is 256 g/mol. The van der Waals surface area contributed by atoms with E-state index in [9.17, 15) is 4.79 Å². The predicted molar refractivity (Wildman–Crippen MR) is 75.2 cm³/mol. The number of amides is 1. The number of carbonyl (C=O) groups excluding carboxylic acids is 1. The minimum Gasteiger partial charge on any atom is -0.370 e. The lowest BCUT2D eigenvalue weighted by Gasteiger charge is -2.05. The van der Waals surface area contributed by atoms with E-state index in [1.807, 2.05) is 0 Å². The molecule has 2 aromatic heterocycles. The van der Waals surface area contributed by atoms with Crippen molar-refractivity contribution in [3.8, 4) is 0 Å². The molecule has 0 aliphatic rings. The first-order valence-electron chi connectivity index (χ1n) is 6.51. The molecule has 2 heterocycles. The van der Waals surface area contributed by atoms with Crippen LogP contribution in [0, 0.1) is 0 Å². The van der Waals surface area contributed by atoms with E-state index < -0.39 is 0 Å². The van der Waals surface area contributed by atoms with Crippen molar-refractivity contribution < 1.29 is 4.79 Å². The standard InChI is InChI=1S/C13H18N6O/c1-3-6-14-11-5-4-10(7-15-11)13(20)16-8-12-17-9-19(2)18-12/h4-5,7,9H,3,6,8H2,1-2H3,(H,14,15)(H,16,20). The summed E-state index contributed by atoms with van der Waals surface area (Å²) in [5.41, 5.74) is 0.517. The number of nitrogens with zero attached hydrogens (tertiary/aromatic N) is 4. The first kappa shape index (κ1) is 14.0. The fourth-order valence-electron chi connectivity index (χ4n) is 1.61. The Morgan fingerprint density at radius 1 is 1.35 bits per heavy atom. The van der Waals surface area contributed by atoms with Gasteiger partial charge in [-0.15, -0.1) is 0 Å². The zero-order chi connectivity index (χ0) is 14.4. The quantitative estimate of drug-likeness (QED) is 0.819. The summed E-state index contributed by atoms with van der Waals surface area (Å²) in [6.45, 7) is 3.25. The maximum atomic E-state index is 11.9. The Kier molecular flexibility index (Phi) is 4.65. The van der Waals surface area contributed by atoms with E-state index in [-0.39, 0.29) is 5.91 Å². The maximum absolute atomic E-state index is 11.9. The highest BCUT2D eigenvalue weighted by Crippen LogP contribution is 2.05. The highest BCUT2D eigenvalue weighted by atomic mass is 16.1. The van der Waals surface area contributed by atoms with E-state index in [1.165, 1.54) is 0 Å². The fourth-order valence-corrected chi connectivity index (χ4v) is 1.61. The Balaban J connectivity index is 1.88. The second kappa shape index (κ2) is 6.65. The summed E-state index contributed by atoms with van der Waals surface area (Å²) in [6.07, 6.45) is 4.18. The van der Waals surface area contributed by atoms with Gasteiger partial charge in [-0.3, -0.25) is 9.48 Å². The van der Waals surface area contributed by atoms with Crippen LogP contribution in [-0.2, 0) is 13.6 Å². The van der Waals surface area contributed by atoms with Crippen molar-refractivity contribution in [1.82, 2.24) is 25.1 Å². The van der Waals surface area contributed by atoms with Gasteiger partial charge in [-0.25, -0.2) is 9.97 Å². The molecule has 0 spiro atoms. The number of anilines is 1. The first-order valence-corrected chi connectivity index (χ1v) is 6.51. The van der Waals surface area contributed by atoms with E-state index >= 15 is 0 Å². The molecule has 1 amide bonds. The van der Waals surface area contributed by atoms with Crippen molar-refractivity contribution in [3.05, 3.63) is 36.0 Å². The van der Waals surface area contributed by atoms with Crippen LogP contribution in [0.1, 0.15) is 29.5 Å². The SMILES string of the molecule is CCCNc1ccc(C(=O)NCc2ncn(C)n2)cn1. The number of nitrogens with one attached hydrogen (secondary N) is 2. The summed E-state index contributed by atoms with van der Waals surface area (Å²) in [5.74, 6) is 1.16. The summed E-state index contributed by atoms with van der Waals surface area (Å²) in [5, 5.41) is 10.00. The van der Waals surface area contributed by atoms with E-state index in [0.29, 0.717) is 17.9 Å². The van der Waals surface area contributed by atoms with Gasteiger partial charge in [-0.2, -0.15) is 5.10 Å². The van der Waals surface area contributed by atoms with Gasteiger partial charge in [0.15, 0.2) is 5.82 Å². The Morgan fingerprint density at radius 3 is 2.80 bits per heavy atom. The Bertz CT molecular complexity index is 562. The molecule has 0 aliphatic heterocycles. The molecule has 0 aliphatic carbocycles. The number of aryl methyl sites for hydroxylation is 1. The van der Waals surface area contributed by atoms with Gasteiger partial charge >= 0.3 is 0 Å². The van der Waals surface area contributed by atoms with Crippen molar-refractivity contribution in [2.45, 2.75) is 19.9 Å². The number of hydrogen-bond acceptors (Lipinski definition) is 5. The second-order valence-corrected chi connectivity index (χ2v) is 4.38. The zero-order valence-electron chi connectivity index (χ0n) is 11.6. The van der Waals surface area contributed by atoms with Crippen LogP contribution in [0.4, 0.5) is 5.82 Å². The third kappa shape index (κ3) is 3.78. The van der Waals surface area contributed by atoms with Crippen molar-refractivity contribution in [2.75, 3.05) is 11.9 Å². The molecule has 0 saturated heterocycles. The molecule has 0 saturated carbocycles. The molecule has 0 fully saturated rings. The van der Waals surface area contributed by atoms with Crippen LogP contribution in [0.25, 0.3) is 0 Å². The van der Waals surface area contributed by atoms with Gasteiger partial charge in [0.05, 0.1) is 12.1 Å². The van der Waals surface area contributed by atoms with Crippen LogP contribution in [0.3, 0.4) is 0 Å². The topological polar surface area (TPSA) is 84.7 Å². The minimum atomic E-state index is -0.188. The molecule has 0 radical (unpaired) electrons. The molecule has 0 unspecified atom stereocenters. The van der Waals surface area contributed by atoms with Crippen molar-refractivity contribution in [1.29, 1.82) is 0 Å². The van der Waals surface area contributed by atoms with Gasteiger partial charge in [0.25, 0.3) is 5.91 Å². The minimum absolute atomic E-state index is 0.188. The molecule has 7 nitrogen and oxygen atoms in total. The van der Waals surface area contributed by atoms with Crippen LogP contribution >= 0.6 is 0 Å². The van der Waals surface area contributed by atoms with Crippen LogP contribution in [-0.4, -0.2) is 32.2 Å². The summed E-state index contributed by atoms with van der Waals surface area (Å²) < 4.78 is 1.59. The van der Waals surface area contributed by atoms with Crippen LogP contribution in [0.2, 0.25) is 0 Å². The summed E-state index contributed by atoms with van der Waals surface area (Å²) in [4.78, 5) is 20.1. The zero-order valence-corrected chi connectivity index (χ0v) is 11.6. The average Bonchev–Trinajstić information content (AvgIpc) is 2.89. The van der Waals surface area contributed by atoms with Crippen molar-refractivity contribution >= 4 is 11.7 Å². The van der Waals surface area contributed by atoms with E-state index in [1.54, 1.807) is 36.4 Å². The number of pyridine rings is 1. The number of carbonyl (C=O) groups is 1. The number of rotatable bonds is 6. The Hall–Kier alpha value is -2.44. The molecule has 0 bridgehead atoms. The number of hydrogen-bond donors (Lipinski definition) is 2. The molecule has 20 heavy (non-hydrogen) atoms. The second-order valence-electron chi connectivity index (χ2n) is 4.38. The van der Waals surface area contributed by atoms with Gasteiger partial charge in [0, 0.05) is 19.8 Å². The fraction of sp³-hybridized carbons (Fsp3) is 0.385. The largest absolute Gasteiger partial charge is 0.370 e. The van der Waals surface area contributed by atoms with Gasteiger partial charge < -0.3 is 10.6 Å². The normalized spacial score (nSPS) is 10.3. The molecular formula is C13H18N6O. The molecule has 7 heteroatoms. The van der Waals surface area contributed by atoms with Gasteiger partial charge in [0.2, 0.25) is 0 Å². The highest BCUT2D eigenvalue weighted by molar-refractivity contribution is 5.93. The van der Waals surface area contributed by atoms with E-state index in [2.05, 4.69) is 32.6 Å². The van der Waals surface area contributed by atoms with Crippen LogP contribution in [0.15, 0.2) is 24.7 Å². The molecule has 2 rings (SSSR count). The van der Waals surface area contributed by atoms with Crippen molar-refractivity contribution in [3.63, 3.8) is 0 Å². The number of aromatic nitrogens is 4. The molecule has 0 atom stereocenters. The van der Waals surface area contributed by atoms with E-state index in [4.69, 9.17) is 0 Å². The molecule has 0 aromatic carbocycles. The third-order valence-corrected chi connectivity index (χ3v) is 2.64. The van der Waals surface area contributed by atoms with Gasteiger partial charge in [0.1, 0.15) is 12.1 Å². The lowest BCUT2D eigenvalue weighted by molar-refractivity contribution is 0.0949. The lowest BCUT2D eigenvalue weighted by Crippen LogP contribution is -2.23. The highest BCUT2D eigenvalue weighted by Gasteiger charge is 2.07. The van der Waals surface area contributed by atoms with Crippen LogP contribution < -0.4 is 10.6 Å². The van der Waals surface area contributed by atoms with E-state index in [0.717, 1.165) is 18.8 Å². The third-order valence-electron chi connectivity index (χ3n) is 2.64. The summed E-state index contributed by atoms with van der Waals surface area (Å²) >= 11 is 0. The summed E-state index contributed by atoms with van der Waals surface area (Å²) in [7, 11) is 1.78. The molecule has 106 valence electrons. The summed E-state index contributed by atoms with van der Waals surface area (Å²) in [6, 6.07) is 3.54. The smallest absolute Gasteiger partial charge is 0.253 e. The molecule has 2 N–H and O–H groups in total. The predicted octanol–water partition coefficient (Wildman–Crippen LogP) is 0.962. The van der Waals surface area contributed by atoms with Gasteiger partial charge in [-0.1, -0.05) is 6.92 Å². The monoisotopic (exact) mass is 274 g/mol. The lowest BCUT2D eigenvalue weighted by atomic mass is 10.2. The Labute approximate surface area is 117 Å². The van der Waals surface area contributed by atoms with Crippen LogP contribution in [0.5, 0.6) is 0 Å². The first-order chi connectivity index (χ1) is 9.69. The average molecular weight is 274 g/mol. The maximum Gasteiger partial charge on any atom is 0.253 e. The van der Waals surface area contributed by atoms with Crippen molar-refractivity contribution in [2.24, 2.45) is 7.05 Å². The van der Waals surface area contributed by atoms with Gasteiger partial charge in [-0.05, 0) is 18.6 Å². The Morgan fingerprint density at radius 2 is 2.20 bits per heavy atom.